The van der Waals surface area contributed by atoms with Crippen LogP contribution in [0.15, 0.2) is 18.2 Å². The average molecular weight is 276 g/mol. The molecular weight excluding hydrogens is 259 g/mol. The molecule has 0 saturated carbocycles. The van der Waals surface area contributed by atoms with Crippen molar-refractivity contribution in [1.82, 2.24) is 4.90 Å². The van der Waals surface area contributed by atoms with Gasteiger partial charge in [0, 0.05) is 25.8 Å². The molecule has 1 aliphatic heterocycles. The predicted octanol–water partition coefficient (Wildman–Crippen LogP) is 0.997. The van der Waals surface area contributed by atoms with Crippen LogP contribution in [0.4, 0.5) is 4.39 Å². The summed E-state index contributed by atoms with van der Waals surface area (Å²) in [5.41, 5.74) is 5.83. The molecule has 0 radical (unpaired) electrons. The molecular formula is C15H17FN2O2. The van der Waals surface area contributed by atoms with E-state index in [2.05, 4.69) is 11.8 Å². The second kappa shape index (κ2) is 6.51. The minimum atomic E-state index is -0.501. The highest BCUT2D eigenvalue weighted by Gasteiger charge is 2.27. The molecule has 2 N–H and O–H groups in total. The number of amides is 1. The van der Waals surface area contributed by atoms with Crippen molar-refractivity contribution >= 4 is 5.91 Å². The smallest absolute Gasteiger partial charge is 0.254 e. The summed E-state index contributed by atoms with van der Waals surface area (Å²) in [5, 5.41) is 0. The van der Waals surface area contributed by atoms with E-state index in [-0.39, 0.29) is 24.1 Å². The summed E-state index contributed by atoms with van der Waals surface area (Å²) in [7, 11) is 1.63. The fourth-order valence-electron chi connectivity index (χ4n) is 2.18. The lowest BCUT2D eigenvalue weighted by Gasteiger charge is -2.16. The van der Waals surface area contributed by atoms with Gasteiger partial charge in [-0.15, -0.1) is 0 Å². The molecule has 20 heavy (non-hydrogen) atoms. The van der Waals surface area contributed by atoms with Gasteiger partial charge in [-0.2, -0.15) is 0 Å². The number of hydrogen-bond acceptors (Lipinski definition) is 3. The van der Waals surface area contributed by atoms with Crippen LogP contribution in [0.5, 0.6) is 0 Å². The van der Waals surface area contributed by atoms with Gasteiger partial charge in [0.15, 0.2) is 0 Å². The summed E-state index contributed by atoms with van der Waals surface area (Å²) < 4.78 is 19.0. The Morgan fingerprint density at radius 3 is 3.00 bits per heavy atom. The Labute approximate surface area is 117 Å². The maximum absolute atomic E-state index is 13.8. The molecule has 1 saturated heterocycles. The van der Waals surface area contributed by atoms with Crippen LogP contribution < -0.4 is 5.73 Å². The third-order valence-corrected chi connectivity index (χ3v) is 3.31. The van der Waals surface area contributed by atoms with Gasteiger partial charge in [0.2, 0.25) is 0 Å². The van der Waals surface area contributed by atoms with Gasteiger partial charge in [-0.05, 0) is 24.6 Å². The van der Waals surface area contributed by atoms with Gasteiger partial charge in [-0.1, -0.05) is 11.8 Å². The zero-order chi connectivity index (χ0) is 14.5. The molecule has 0 spiro atoms. The number of hydrogen-bond donors (Lipinski definition) is 1. The molecule has 1 aromatic rings. The molecule has 1 atom stereocenters. The predicted molar refractivity (Wildman–Crippen MR) is 73.6 cm³/mol. The van der Waals surface area contributed by atoms with Crippen molar-refractivity contribution in [3.63, 3.8) is 0 Å². The van der Waals surface area contributed by atoms with Crippen LogP contribution >= 0.6 is 0 Å². The molecule has 1 fully saturated rings. The van der Waals surface area contributed by atoms with Crippen molar-refractivity contribution < 1.29 is 13.9 Å². The first-order valence-electron chi connectivity index (χ1n) is 6.46. The number of benzene rings is 1. The van der Waals surface area contributed by atoms with Gasteiger partial charge in [0.25, 0.3) is 5.91 Å². The number of rotatable bonds is 2. The van der Waals surface area contributed by atoms with E-state index in [1.54, 1.807) is 18.1 Å². The minimum Gasteiger partial charge on any atom is -0.380 e. The number of nitrogens with two attached hydrogens (primary N) is 1. The van der Waals surface area contributed by atoms with Crippen molar-refractivity contribution in [1.29, 1.82) is 0 Å². The van der Waals surface area contributed by atoms with E-state index in [0.29, 0.717) is 18.7 Å². The number of halogens is 1. The summed E-state index contributed by atoms with van der Waals surface area (Å²) in [4.78, 5) is 13.9. The van der Waals surface area contributed by atoms with Crippen molar-refractivity contribution in [3.05, 3.63) is 35.1 Å². The lowest BCUT2D eigenvalue weighted by molar-refractivity contribution is 0.0724. The lowest BCUT2D eigenvalue weighted by Crippen LogP contribution is -2.30. The van der Waals surface area contributed by atoms with Crippen LogP contribution in [-0.2, 0) is 4.74 Å². The molecule has 1 unspecified atom stereocenters. The summed E-state index contributed by atoms with van der Waals surface area (Å²) >= 11 is 0. The Balaban J connectivity index is 2.13. The molecule has 4 nitrogen and oxygen atoms in total. The van der Waals surface area contributed by atoms with Gasteiger partial charge in [0.1, 0.15) is 5.82 Å². The lowest BCUT2D eigenvalue weighted by atomic mass is 10.1. The van der Waals surface area contributed by atoms with Gasteiger partial charge >= 0.3 is 0 Å². The Morgan fingerprint density at radius 2 is 2.40 bits per heavy atom. The SMILES string of the molecule is COC1CCN(C(=O)c2ccc(C#CCN)c(F)c2)C1. The maximum atomic E-state index is 13.8. The maximum Gasteiger partial charge on any atom is 0.254 e. The fourth-order valence-corrected chi connectivity index (χ4v) is 2.18. The Kier molecular flexibility index (Phi) is 4.72. The number of carbonyl (C=O) groups excluding carboxylic acids is 1. The molecule has 1 aliphatic rings. The number of carbonyl (C=O) groups is 1. The van der Waals surface area contributed by atoms with E-state index < -0.39 is 5.82 Å². The highest BCUT2D eigenvalue weighted by Crippen LogP contribution is 2.17. The van der Waals surface area contributed by atoms with E-state index >= 15 is 0 Å². The summed E-state index contributed by atoms with van der Waals surface area (Å²) in [6.07, 6.45) is 0.878. The van der Waals surface area contributed by atoms with Crippen molar-refractivity contribution in [2.24, 2.45) is 5.73 Å². The largest absolute Gasteiger partial charge is 0.380 e. The van der Waals surface area contributed by atoms with Crippen LogP contribution in [-0.4, -0.2) is 43.7 Å². The minimum absolute atomic E-state index is 0.0680. The second-order valence-corrected chi connectivity index (χ2v) is 4.60. The van der Waals surface area contributed by atoms with Crippen LogP contribution in [0.3, 0.4) is 0 Å². The zero-order valence-electron chi connectivity index (χ0n) is 11.4. The van der Waals surface area contributed by atoms with Crippen molar-refractivity contribution in [2.45, 2.75) is 12.5 Å². The van der Waals surface area contributed by atoms with E-state index in [1.807, 2.05) is 0 Å². The first kappa shape index (κ1) is 14.5. The van der Waals surface area contributed by atoms with Crippen molar-refractivity contribution in [3.8, 4) is 11.8 Å². The molecule has 0 aliphatic carbocycles. The second-order valence-electron chi connectivity index (χ2n) is 4.60. The standard InChI is InChI=1S/C15H17FN2O2/c1-20-13-6-8-18(10-13)15(19)12-5-4-11(3-2-7-17)14(16)9-12/h4-5,9,13H,6-8,10,17H2,1H3. The number of methoxy groups -OCH3 is 1. The Bertz CT molecular complexity index is 563. The molecule has 106 valence electrons. The molecule has 1 heterocycles. The number of nitrogens with zero attached hydrogens (tertiary/aromatic N) is 1. The summed E-state index contributed by atoms with van der Waals surface area (Å²) in [6, 6.07) is 4.32. The summed E-state index contributed by atoms with van der Waals surface area (Å²) in [5.74, 6) is 4.54. The zero-order valence-corrected chi connectivity index (χ0v) is 11.4. The normalized spacial score (nSPS) is 17.8. The van der Waals surface area contributed by atoms with E-state index in [0.717, 1.165) is 6.42 Å². The highest BCUT2D eigenvalue weighted by molar-refractivity contribution is 5.94. The molecule has 5 heteroatoms. The first-order chi connectivity index (χ1) is 9.65. The Morgan fingerprint density at radius 1 is 1.60 bits per heavy atom. The van der Waals surface area contributed by atoms with Crippen LogP contribution in [0.1, 0.15) is 22.3 Å². The molecule has 1 aromatic carbocycles. The van der Waals surface area contributed by atoms with Gasteiger partial charge in [0.05, 0.1) is 18.2 Å². The van der Waals surface area contributed by atoms with Crippen LogP contribution in [0, 0.1) is 17.7 Å². The van der Waals surface area contributed by atoms with Gasteiger partial charge in [-0.25, -0.2) is 4.39 Å². The number of ether oxygens (including phenoxy) is 1. The van der Waals surface area contributed by atoms with E-state index in [9.17, 15) is 9.18 Å². The third kappa shape index (κ3) is 3.16. The third-order valence-electron chi connectivity index (χ3n) is 3.31. The van der Waals surface area contributed by atoms with E-state index in [4.69, 9.17) is 10.5 Å². The molecule has 0 aromatic heterocycles. The van der Waals surface area contributed by atoms with Crippen molar-refractivity contribution in [2.75, 3.05) is 26.7 Å². The summed E-state index contributed by atoms with van der Waals surface area (Å²) in [6.45, 7) is 1.35. The fraction of sp³-hybridized carbons (Fsp3) is 0.400. The molecule has 1 amide bonds. The first-order valence-corrected chi connectivity index (χ1v) is 6.46. The topological polar surface area (TPSA) is 55.6 Å². The van der Waals surface area contributed by atoms with Gasteiger partial charge < -0.3 is 15.4 Å². The van der Waals surface area contributed by atoms with Gasteiger partial charge in [-0.3, -0.25) is 4.79 Å². The molecule has 0 bridgehead atoms. The number of likely N-dealkylation sites (tertiary alicyclic amines) is 1. The Hall–Kier alpha value is -1.90. The molecule has 2 rings (SSSR count). The van der Waals surface area contributed by atoms with Crippen LogP contribution in [0.2, 0.25) is 0 Å². The van der Waals surface area contributed by atoms with E-state index in [1.165, 1.54) is 12.1 Å². The quantitative estimate of drug-likeness (QED) is 0.820. The highest BCUT2D eigenvalue weighted by atomic mass is 19.1. The van der Waals surface area contributed by atoms with Crippen LogP contribution in [0.25, 0.3) is 0 Å². The monoisotopic (exact) mass is 276 g/mol. The average Bonchev–Trinajstić information content (AvgIpc) is 2.94.